The van der Waals surface area contributed by atoms with Gasteiger partial charge in [0.2, 0.25) is 0 Å². The van der Waals surface area contributed by atoms with E-state index in [4.69, 9.17) is 14.9 Å². The van der Waals surface area contributed by atoms with E-state index >= 15 is 0 Å². The predicted octanol–water partition coefficient (Wildman–Crippen LogP) is -1.62. The number of rotatable bonds is 16. The molecule has 8 nitrogen and oxygen atoms in total. The molecule has 0 fully saturated rings. The summed E-state index contributed by atoms with van der Waals surface area (Å²) in [6.07, 6.45) is 0.784. The largest absolute Gasteiger partial charge is 0.396 e. The van der Waals surface area contributed by atoms with Gasteiger partial charge in [-0.15, -0.1) is 0 Å². The maximum absolute atomic E-state index is 10.3. The highest BCUT2D eigenvalue weighted by atomic mass is 16.5. The minimum Gasteiger partial charge on any atom is -0.396 e. The van der Waals surface area contributed by atoms with Crippen LogP contribution in [-0.2, 0) is 4.74 Å². The van der Waals surface area contributed by atoms with Crippen molar-refractivity contribution in [3.8, 4) is 0 Å². The molecule has 7 N–H and O–H groups in total. The Morgan fingerprint density at radius 3 is 1.88 bits per heavy atom. The average Bonchev–Trinajstić information content (AvgIpc) is 2.61. The molecule has 0 aliphatic heterocycles. The molecule has 0 aromatic heterocycles. The minimum absolute atomic E-state index is 0.0203. The van der Waals surface area contributed by atoms with E-state index in [-0.39, 0.29) is 19.6 Å². The first kappa shape index (κ1) is 23.7. The zero-order chi connectivity index (χ0) is 18.4. The first-order valence-corrected chi connectivity index (χ1v) is 8.50. The van der Waals surface area contributed by atoms with E-state index in [1.165, 1.54) is 0 Å². The second-order valence-electron chi connectivity index (χ2n) is 6.38. The maximum Gasteiger partial charge on any atom is 0.100 e. The fourth-order valence-electron chi connectivity index (χ4n) is 2.37. The van der Waals surface area contributed by atoms with Crippen molar-refractivity contribution in [2.24, 2.45) is 5.41 Å². The van der Waals surface area contributed by atoms with Gasteiger partial charge in [0.25, 0.3) is 0 Å². The summed E-state index contributed by atoms with van der Waals surface area (Å²) in [5, 5.41) is 65.6. The van der Waals surface area contributed by atoms with Crippen molar-refractivity contribution in [3.63, 3.8) is 0 Å². The summed E-state index contributed by atoms with van der Waals surface area (Å²) in [5.41, 5.74) is -1.19. The van der Waals surface area contributed by atoms with Crippen molar-refractivity contribution in [2.45, 2.75) is 56.8 Å². The van der Waals surface area contributed by atoms with Gasteiger partial charge in [-0.2, -0.15) is 0 Å². The first-order valence-electron chi connectivity index (χ1n) is 8.50. The summed E-state index contributed by atoms with van der Waals surface area (Å²) in [5.74, 6) is 0. The van der Waals surface area contributed by atoms with E-state index in [2.05, 4.69) is 0 Å². The molecule has 0 aromatic rings. The number of aliphatic hydroxyl groups excluding tert-OH is 7. The second-order valence-corrected chi connectivity index (χ2v) is 6.38. The molecule has 0 rings (SSSR count). The van der Waals surface area contributed by atoms with Crippen molar-refractivity contribution in [1.29, 1.82) is 0 Å². The van der Waals surface area contributed by atoms with E-state index in [1.54, 1.807) is 0 Å². The van der Waals surface area contributed by atoms with Crippen molar-refractivity contribution in [3.05, 3.63) is 0 Å². The third-order valence-corrected chi connectivity index (χ3v) is 4.19. The molecule has 0 amide bonds. The molecule has 0 bridgehead atoms. The van der Waals surface area contributed by atoms with Gasteiger partial charge >= 0.3 is 0 Å². The van der Waals surface area contributed by atoms with Crippen LogP contribution in [0.25, 0.3) is 0 Å². The van der Waals surface area contributed by atoms with Gasteiger partial charge in [-0.3, -0.25) is 0 Å². The number of ether oxygens (including phenoxy) is 1. The van der Waals surface area contributed by atoms with Gasteiger partial charge in [0, 0.05) is 12.0 Å². The van der Waals surface area contributed by atoms with Crippen LogP contribution < -0.4 is 0 Å². The summed E-state index contributed by atoms with van der Waals surface area (Å²) < 4.78 is 5.46. The van der Waals surface area contributed by atoms with Gasteiger partial charge in [-0.1, -0.05) is 19.3 Å². The molecule has 24 heavy (non-hydrogen) atoms. The highest BCUT2D eigenvalue weighted by Crippen LogP contribution is 2.27. The molecule has 0 radical (unpaired) electrons. The van der Waals surface area contributed by atoms with Crippen LogP contribution in [-0.4, -0.2) is 93.7 Å². The standard InChI is InChI=1S/C16H34O8/c17-6-4-2-1-3-5-14(23)15(24-9-13(22)8-18)7-16(10-19,11-20)12-21/h13-15,17-23H,1-12H2. The molecule has 0 saturated carbocycles. The van der Waals surface area contributed by atoms with Crippen LogP contribution in [0, 0.1) is 5.41 Å². The predicted molar refractivity (Wildman–Crippen MR) is 87.3 cm³/mol. The molecule has 8 heteroatoms. The van der Waals surface area contributed by atoms with Gasteiger partial charge < -0.3 is 40.5 Å². The number of hydrogen-bond acceptors (Lipinski definition) is 8. The van der Waals surface area contributed by atoms with Crippen LogP contribution >= 0.6 is 0 Å². The molecule has 146 valence electrons. The summed E-state index contributed by atoms with van der Waals surface area (Å²) in [6.45, 7) is -1.93. The molecule has 0 saturated heterocycles. The molecule has 0 spiro atoms. The normalized spacial score (nSPS) is 16.1. The number of aliphatic hydroxyl groups is 7. The summed E-state index contributed by atoms with van der Waals surface area (Å²) in [4.78, 5) is 0. The summed E-state index contributed by atoms with van der Waals surface area (Å²) in [7, 11) is 0. The van der Waals surface area contributed by atoms with Crippen molar-refractivity contribution in [2.75, 3.05) is 39.6 Å². The highest BCUT2D eigenvalue weighted by Gasteiger charge is 2.35. The van der Waals surface area contributed by atoms with Gasteiger partial charge in [0.05, 0.1) is 45.2 Å². The maximum atomic E-state index is 10.3. The Morgan fingerprint density at radius 1 is 0.792 bits per heavy atom. The van der Waals surface area contributed by atoms with E-state index in [0.29, 0.717) is 19.3 Å². The molecule has 3 atom stereocenters. The summed E-state index contributed by atoms with van der Waals surface area (Å²) in [6, 6.07) is 0. The zero-order valence-corrected chi connectivity index (χ0v) is 14.3. The third-order valence-electron chi connectivity index (χ3n) is 4.19. The van der Waals surface area contributed by atoms with E-state index in [1.807, 2.05) is 0 Å². The smallest absolute Gasteiger partial charge is 0.100 e. The Hall–Kier alpha value is -0.320. The molecule has 0 aliphatic rings. The molecule has 3 unspecified atom stereocenters. The van der Waals surface area contributed by atoms with Crippen LogP contribution in [0.15, 0.2) is 0 Å². The van der Waals surface area contributed by atoms with Gasteiger partial charge in [0.15, 0.2) is 0 Å². The lowest BCUT2D eigenvalue weighted by atomic mass is 9.82. The second kappa shape index (κ2) is 13.9. The van der Waals surface area contributed by atoms with Gasteiger partial charge in [-0.25, -0.2) is 0 Å². The van der Waals surface area contributed by atoms with Crippen LogP contribution in [0.2, 0.25) is 0 Å². The number of unbranched alkanes of at least 4 members (excludes halogenated alkanes) is 3. The Kier molecular flexibility index (Phi) is 13.7. The van der Waals surface area contributed by atoms with Crippen molar-refractivity contribution in [1.82, 2.24) is 0 Å². The molecule has 0 heterocycles. The monoisotopic (exact) mass is 354 g/mol. The Bertz CT molecular complexity index is 277. The molecular formula is C16H34O8. The fraction of sp³-hybridized carbons (Fsp3) is 1.00. The lowest BCUT2D eigenvalue weighted by molar-refractivity contribution is -0.113. The van der Waals surface area contributed by atoms with E-state index < -0.39 is 50.2 Å². The Balaban J connectivity index is 4.65. The lowest BCUT2D eigenvalue weighted by Gasteiger charge is -2.34. The topological polar surface area (TPSA) is 151 Å². The number of hydrogen-bond donors (Lipinski definition) is 7. The van der Waals surface area contributed by atoms with Crippen LogP contribution in [0.5, 0.6) is 0 Å². The fourth-order valence-corrected chi connectivity index (χ4v) is 2.37. The van der Waals surface area contributed by atoms with E-state index in [9.17, 15) is 25.5 Å². The quantitative estimate of drug-likeness (QED) is 0.163. The van der Waals surface area contributed by atoms with Gasteiger partial charge in [0.1, 0.15) is 6.10 Å². The Labute approximate surface area is 143 Å². The average molecular weight is 354 g/mol. The third kappa shape index (κ3) is 9.24. The highest BCUT2D eigenvalue weighted by molar-refractivity contribution is 4.84. The van der Waals surface area contributed by atoms with Gasteiger partial charge in [-0.05, 0) is 19.3 Å². The van der Waals surface area contributed by atoms with Crippen molar-refractivity contribution < 1.29 is 40.5 Å². The zero-order valence-electron chi connectivity index (χ0n) is 14.3. The summed E-state index contributed by atoms with van der Waals surface area (Å²) >= 11 is 0. The molecule has 0 aromatic carbocycles. The van der Waals surface area contributed by atoms with Crippen LogP contribution in [0.3, 0.4) is 0 Å². The lowest BCUT2D eigenvalue weighted by Crippen LogP contribution is -2.43. The molecule has 0 aliphatic carbocycles. The first-order chi connectivity index (χ1) is 11.5. The van der Waals surface area contributed by atoms with Crippen molar-refractivity contribution >= 4 is 0 Å². The Morgan fingerprint density at radius 2 is 1.38 bits per heavy atom. The molecular weight excluding hydrogens is 320 g/mol. The van der Waals surface area contributed by atoms with E-state index in [0.717, 1.165) is 12.8 Å². The SMILES string of the molecule is OCCCCCCC(O)C(CC(CO)(CO)CO)OCC(O)CO. The van der Waals surface area contributed by atoms with Crippen LogP contribution in [0.1, 0.15) is 38.5 Å². The van der Waals surface area contributed by atoms with Crippen LogP contribution in [0.4, 0.5) is 0 Å². The minimum atomic E-state index is -1.19.